The number of nitrogens with zero attached hydrogens (tertiary/aromatic N) is 3. The highest BCUT2D eigenvalue weighted by atomic mass is 35.5. The minimum Gasteiger partial charge on any atom is -0.368 e. The van der Waals surface area contributed by atoms with Gasteiger partial charge in [0.25, 0.3) is 0 Å². The van der Waals surface area contributed by atoms with Gasteiger partial charge in [-0.15, -0.1) is 0 Å². The van der Waals surface area contributed by atoms with E-state index in [1.807, 2.05) is 43.3 Å². The van der Waals surface area contributed by atoms with E-state index in [4.69, 9.17) is 28.3 Å². The first-order valence-corrected chi connectivity index (χ1v) is 8.44. The zero-order chi connectivity index (χ0) is 16.2. The molecule has 0 bridgehead atoms. The maximum atomic E-state index is 5.95. The lowest BCUT2D eigenvalue weighted by molar-refractivity contribution is 0.270. The second kappa shape index (κ2) is 7.24. The molecule has 2 aromatic carbocycles. The molecule has 3 nitrogen and oxygen atoms in total. The molecule has 0 atom stereocenters. The summed E-state index contributed by atoms with van der Waals surface area (Å²) in [4.78, 5) is 2.36. The molecule has 2 aromatic rings. The van der Waals surface area contributed by atoms with Crippen molar-refractivity contribution in [2.45, 2.75) is 6.92 Å². The van der Waals surface area contributed by atoms with Gasteiger partial charge in [-0.1, -0.05) is 35.3 Å². The van der Waals surface area contributed by atoms with Gasteiger partial charge in [0.05, 0.1) is 18.8 Å². The van der Waals surface area contributed by atoms with Gasteiger partial charge in [0, 0.05) is 28.8 Å². The van der Waals surface area contributed by atoms with Crippen LogP contribution >= 0.6 is 23.2 Å². The third kappa shape index (κ3) is 4.18. The molecule has 0 spiro atoms. The Bertz CT molecular complexity index is 672. The summed E-state index contributed by atoms with van der Waals surface area (Å²) in [7, 11) is 0. The Hall–Kier alpha value is -1.71. The predicted molar refractivity (Wildman–Crippen MR) is 98.9 cm³/mol. The molecule has 0 radical (unpaired) electrons. The summed E-state index contributed by atoms with van der Waals surface area (Å²) in [6.45, 7) is 5.77. The van der Waals surface area contributed by atoms with E-state index in [0.717, 1.165) is 47.5 Å². The second-order valence-corrected chi connectivity index (χ2v) is 6.48. The van der Waals surface area contributed by atoms with Crippen LogP contribution in [0.15, 0.2) is 53.6 Å². The fraction of sp³-hybridized carbons (Fsp3) is 0.278. The van der Waals surface area contributed by atoms with E-state index in [1.165, 1.54) is 5.69 Å². The Balaban J connectivity index is 1.61. The summed E-state index contributed by atoms with van der Waals surface area (Å²) < 4.78 is 0. The monoisotopic (exact) mass is 347 g/mol. The molecule has 3 rings (SSSR count). The Labute approximate surface area is 147 Å². The highest BCUT2D eigenvalue weighted by molar-refractivity contribution is 6.30. The number of benzene rings is 2. The van der Waals surface area contributed by atoms with Gasteiger partial charge in [-0.25, -0.2) is 0 Å². The lowest BCUT2D eigenvalue weighted by Gasteiger charge is -2.35. The van der Waals surface area contributed by atoms with Crippen LogP contribution in [0.5, 0.6) is 0 Å². The van der Waals surface area contributed by atoms with Crippen LogP contribution in [0.2, 0.25) is 10.0 Å². The zero-order valence-corrected chi connectivity index (χ0v) is 14.6. The normalized spacial score (nSPS) is 15.9. The molecule has 1 aliphatic heterocycles. The summed E-state index contributed by atoms with van der Waals surface area (Å²) in [6.07, 6.45) is 0. The molecule has 0 amide bonds. The largest absolute Gasteiger partial charge is 0.368 e. The number of piperazine rings is 1. The molecule has 23 heavy (non-hydrogen) atoms. The number of rotatable bonds is 3. The number of hydrogen-bond donors (Lipinski definition) is 0. The zero-order valence-electron chi connectivity index (χ0n) is 13.0. The topological polar surface area (TPSA) is 18.8 Å². The van der Waals surface area contributed by atoms with E-state index < -0.39 is 0 Å². The van der Waals surface area contributed by atoms with Crippen molar-refractivity contribution in [2.24, 2.45) is 5.10 Å². The molecule has 1 fully saturated rings. The van der Waals surface area contributed by atoms with Crippen LogP contribution in [0.4, 0.5) is 5.69 Å². The van der Waals surface area contributed by atoms with E-state index in [-0.39, 0.29) is 0 Å². The second-order valence-electron chi connectivity index (χ2n) is 5.61. The smallest absolute Gasteiger partial charge is 0.0646 e. The van der Waals surface area contributed by atoms with E-state index in [0.29, 0.717) is 0 Å². The molecule has 1 heterocycles. The lowest BCUT2D eigenvalue weighted by atomic mass is 10.1. The molecule has 120 valence electrons. The molecule has 0 aromatic heterocycles. The van der Waals surface area contributed by atoms with Gasteiger partial charge in [-0.3, -0.25) is 5.01 Å². The predicted octanol–water partition coefficient (Wildman–Crippen LogP) is 4.54. The average molecular weight is 348 g/mol. The summed E-state index contributed by atoms with van der Waals surface area (Å²) in [5.41, 5.74) is 3.34. The van der Waals surface area contributed by atoms with Gasteiger partial charge in [-0.2, -0.15) is 5.10 Å². The first kappa shape index (κ1) is 16.2. The van der Waals surface area contributed by atoms with Crippen LogP contribution in [-0.4, -0.2) is 36.9 Å². The molecule has 1 aliphatic rings. The molecular formula is C18H19Cl2N3. The van der Waals surface area contributed by atoms with Crippen molar-refractivity contribution < 1.29 is 0 Å². The van der Waals surface area contributed by atoms with E-state index in [1.54, 1.807) is 0 Å². The first-order valence-electron chi connectivity index (χ1n) is 7.68. The third-order valence-electron chi connectivity index (χ3n) is 4.00. The molecule has 0 aliphatic carbocycles. The van der Waals surface area contributed by atoms with E-state index in [9.17, 15) is 0 Å². The van der Waals surface area contributed by atoms with Gasteiger partial charge < -0.3 is 4.90 Å². The highest BCUT2D eigenvalue weighted by Crippen LogP contribution is 2.19. The molecular weight excluding hydrogens is 329 g/mol. The van der Waals surface area contributed by atoms with Crippen molar-refractivity contribution >= 4 is 34.6 Å². The van der Waals surface area contributed by atoms with Crippen molar-refractivity contribution in [3.63, 3.8) is 0 Å². The molecule has 0 unspecified atom stereocenters. The Morgan fingerprint density at radius 2 is 1.35 bits per heavy atom. The summed E-state index contributed by atoms with van der Waals surface area (Å²) in [5.74, 6) is 0. The van der Waals surface area contributed by atoms with Crippen LogP contribution in [0.3, 0.4) is 0 Å². The fourth-order valence-electron chi connectivity index (χ4n) is 2.67. The fourth-order valence-corrected chi connectivity index (χ4v) is 2.92. The van der Waals surface area contributed by atoms with Crippen LogP contribution in [0, 0.1) is 0 Å². The summed E-state index contributed by atoms with van der Waals surface area (Å²) >= 11 is 11.9. The number of anilines is 1. The Kier molecular flexibility index (Phi) is 5.09. The number of hydrazone groups is 1. The minimum absolute atomic E-state index is 0.748. The van der Waals surface area contributed by atoms with E-state index >= 15 is 0 Å². The standard InChI is InChI=1S/C18H19Cl2N3/c1-14(15-2-4-16(19)5-3-15)21-23-12-10-22(11-13-23)18-8-6-17(20)7-9-18/h2-9H,10-13H2,1H3/b21-14+. The maximum absolute atomic E-state index is 5.95. The lowest BCUT2D eigenvalue weighted by Crippen LogP contribution is -2.44. The van der Waals surface area contributed by atoms with Gasteiger partial charge >= 0.3 is 0 Å². The Morgan fingerprint density at radius 3 is 1.91 bits per heavy atom. The average Bonchev–Trinajstić information content (AvgIpc) is 2.57. The maximum Gasteiger partial charge on any atom is 0.0646 e. The first-order chi connectivity index (χ1) is 11.1. The van der Waals surface area contributed by atoms with Crippen molar-refractivity contribution in [2.75, 3.05) is 31.1 Å². The van der Waals surface area contributed by atoms with Gasteiger partial charge in [0.2, 0.25) is 0 Å². The highest BCUT2D eigenvalue weighted by Gasteiger charge is 2.16. The molecule has 1 saturated heterocycles. The van der Waals surface area contributed by atoms with Crippen LogP contribution in [0.25, 0.3) is 0 Å². The van der Waals surface area contributed by atoms with Crippen LogP contribution in [0.1, 0.15) is 12.5 Å². The molecule has 0 N–H and O–H groups in total. The Morgan fingerprint density at radius 1 is 0.826 bits per heavy atom. The molecule has 0 saturated carbocycles. The van der Waals surface area contributed by atoms with Crippen LogP contribution < -0.4 is 4.90 Å². The summed E-state index contributed by atoms with van der Waals surface area (Å²) in [6, 6.07) is 15.8. The third-order valence-corrected chi connectivity index (χ3v) is 4.51. The van der Waals surface area contributed by atoms with Gasteiger partial charge in [0.1, 0.15) is 0 Å². The van der Waals surface area contributed by atoms with Gasteiger partial charge in [0.15, 0.2) is 0 Å². The quantitative estimate of drug-likeness (QED) is 0.759. The summed E-state index contributed by atoms with van der Waals surface area (Å²) in [5, 5.41) is 8.39. The number of halogens is 2. The molecule has 5 heteroatoms. The SMILES string of the molecule is C/C(=N\N1CCN(c2ccc(Cl)cc2)CC1)c1ccc(Cl)cc1. The van der Waals surface area contributed by atoms with Crippen LogP contribution in [-0.2, 0) is 0 Å². The van der Waals surface area contributed by atoms with Gasteiger partial charge in [-0.05, 0) is 48.9 Å². The van der Waals surface area contributed by atoms with Crippen molar-refractivity contribution in [1.29, 1.82) is 0 Å². The van der Waals surface area contributed by atoms with Crippen molar-refractivity contribution in [1.82, 2.24) is 5.01 Å². The van der Waals surface area contributed by atoms with E-state index in [2.05, 4.69) is 22.0 Å². The van der Waals surface area contributed by atoms with Crippen molar-refractivity contribution in [3.8, 4) is 0 Å². The number of hydrogen-bond acceptors (Lipinski definition) is 3. The minimum atomic E-state index is 0.748. The van der Waals surface area contributed by atoms with Crippen molar-refractivity contribution in [3.05, 3.63) is 64.1 Å².